The summed E-state index contributed by atoms with van der Waals surface area (Å²) in [4.78, 5) is 0.850. The molecule has 5 heteroatoms. The van der Waals surface area contributed by atoms with E-state index < -0.39 is 0 Å². The van der Waals surface area contributed by atoms with Gasteiger partial charge in [0.1, 0.15) is 11.3 Å². The molecule has 3 aromatic rings. The van der Waals surface area contributed by atoms with Crippen molar-refractivity contribution in [2.24, 2.45) is 5.92 Å². The van der Waals surface area contributed by atoms with Crippen LogP contribution in [0.15, 0.2) is 30.6 Å². The minimum Gasteiger partial charge on any atom is -0.190 e. The Bertz CT molecular complexity index is 668. The number of aromatic nitrogens is 4. The number of fused-ring (bicyclic) bond motifs is 1. The Morgan fingerprint density at radius 2 is 1.90 bits per heavy atom. The zero-order valence-electron chi connectivity index (χ0n) is 11.9. The van der Waals surface area contributed by atoms with Crippen molar-refractivity contribution in [3.05, 3.63) is 46.7 Å². The number of hydrogen-bond acceptors (Lipinski definition) is 4. The van der Waals surface area contributed by atoms with Crippen LogP contribution < -0.4 is 0 Å². The molecule has 0 fully saturated rings. The average molecular weight is 286 g/mol. The molecule has 0 saturated heterocycles. The van der Waals surface area contributed by atoms with Crippen molar-refractivity contribution in [2.75, 3.05) is 0 Å². The molecule has 0 unspecified atom stereocenters. The molecule has 3 rings (SSSR count). The van der Waals surface area contributed by atoms with E-state index in [4.69, 9.17) is 0 Å². The molecule has 20 heavy (non-hydrogen) atoms. The zero-order valence-corrected chi connectivity index (χ0v) is 12.8. The van der Waals surface area contributed by atoms with Crippen molar-refractivity contribution in [2.45, 2.75) is 33.1 Å². The van der Waals surface area contributed by atoms with Crippen LogP contribution in [0.2, 0.25) is 0 Å². The van der Waals surface area contributed by atoms with Gasteiger partial charge in [0.05, 0.1) is 0 Å². The van der Waals surface area contributed by atoms with Crippen molar-refractivity contribution in [1.29, 1.82) is 0 Å². The second kappa shape index (κ2) is 5.32. The van der Waals surface area contributed by atoms with Gasteiger partial charge in [-0.1, -0.05) is 56.4 Å². The van der Waals surface area contributed by atoms with Gasteiger partial charge in [0.25, 0.3) is 0 Å². The normalized spacial score (nSPS) is 13.2. The van der Waals surface area contributed by atoms with Crippen molar-refractivity contribution in [3.63, 3.8) is 0 Å². The standard InChI is InChI=1S/C15H18N4S/c1-10(2)8-12-4-6-13(7-5-12)11(3)14-18-19-9-16-17-15(19)20-14/h4-7,9-11H,8H2,1-3H3/t11-/m0/s1. The van der Waals surface area contributed by atoms with E-state index in [1.165, 1.54) is 11.1 Å². The maximum atomic E-state index is 4.53. The van der Waals surface area contributed by atoms with E-state index in [0.29, 0.717) is 5.92 Å². The molecule has 1 aromatic carbocycles. The maximum absolute atomic E-state index is 4.53. The fourth-order valence-corrected chi connectivity index (χ4v) is 3.20. The van der Waals surface area contributed by atoms with Gasteiger partial charge in [0.2, 0.25) is 4.96 Å². The molecule has 0 bridgehead atoms. The molecular weight excluding hydrogens is 268 g/mol. The third kappa shape index (κ3) is 2.58. The Hall–Kier alpha value is -1.75. The number of hydrogen-bond donors (Lipinski definition) is 0. The molecule has 0 spiro atoms. The molecular formula is C15H18N4S. The van der Waals surface area contributed by atoms with Crippen molar-refractivity contribution < 1.29 is 0 Å². The van der Waals surface area contributed by atoms with Crippen LogP contribution in [0, 0.1) is 5.92 Å². The molecule has 104 valence electrons. The lowest BCUT2D eigenvalue weighted by atomic mass is 9.97. The highest BCUT2D eigenvalue weighted by molar-refractivity contribution is 7.16. The SMILES string of the molecule is CC(C)Cc1ccc([C@H](C)c2nn3cnnc3s2)cc1. The zero-order chi connectivity index (χ0) is 14.1. The molecule has 0 radical (unpaired) electrons. The second-order valence-electron chi connectivity index (χ2n) is 5.56. The van der Waals surface area contributed by atoms with Gasteiger partial charge in [-0.05, 0) is 23.5 Å². The minimum absolute atomic E-state index is 0.287. The summed E-state index contributed by atoms with van der Waals surface area (Å²) < 4.78 is 1.74. The molecule has 2 aromatic heterocycles. The van der Waals surface area contributed by atoms with Gasteiger partial charge in [-0.15, -0.1) is 10.2 Å². The Balaban J connectivity index is 1.82. The first kappa shape index (κ1) is 13.2. The molecule has 0 N–H and O–H groups in total. The van der Waals surface area contributed by atoms with Crippen molar-refractivity contribution in [1.82, 2.24) is 19.8 Å². The highest BCUT2D eigenvalue weighted by atomic mass is 32.1. The lowest BCUT2D eigenvalue weighted by molar-refractivity contribution is 0.647. The predicted molar refractivity (Wildman–Crippen MR) is 81.2 cm³/mol. The molecule has 0 amide bonds. The summed E-state index contributed by atoms with van der Waals surface area (Å²) in [5.41, 5.74) is 2.69. The largest absolute Gasteiger partial charge is 0.234 e. The fraction of sp³-hybridized carbons (Fsp3) is 0.400. The Morgan fingerprint density at radius 1 is 1.15 bits per heavy atom. The topological polar surface area (TPSA) is 43.1 Å². The minimum atomic E-state index is 0.287. The summed E-state index contributed by atoms with van der Waals surface area (Å²) in [6, 6.07) is 8.88. The number of nitrogens with zero attached hydrogens (tertiary/aromatic N) is 4. The quantitative estimate of drug-likeness (QED) is 0.737. The number of benzene rings is 1. The first-order valence-corrected chi connectivity index (χ1v) is 7.70. The summed E-state index contributed by atoms with van der Waals surface area (Å²) in [7, 11) is 0. The molecule has 4 nitrogen and oxygen atoms in total. The monoisotopic (exact) mass is 286 g/mol. The Kier molecular flexibility index (Phi) is 3.53. The molecule has 0 aliphatic rings. The van der Waals surface area contributed by atoms with Crippen LogP contribution in [-0.2, 0) is 6.42 Å². The highest BCUT2D eigenvalue weighted by Gasteiger charge is 2.14. The first-order valence-electron chi connectivity index (χ1n) is 6.89. The van der Waals surface area contributed by atoms with Crippen LogP contribution in [0.5, 0.6) is 0 Å². The van der Waals surface area contributed by atoms with E-state index in [1.807, 2.05) is 0 Å². The van der Waals surface area contributed by atoms with E-state index in [2.05, 4.69) is 60.3 Å². The summed E-state index contributed by atoms with van der Waals surface area (Å²) in [6.07, 6.45) is 2.78. The van der Waals surface area contributed by atoms with Gasteiger partial charge in [-0.3, -0.25) is 0 Å². The number of rotatable bonds is 4. The van der Waals surface area contributed by atoms with Crippen molar-refractivity contribution >= 4 is 16.3 Å². The van der Waals surface area contributed by atoms with E-state index in [0.717, 1.165) is 16.4 Å². The van der Waals surface area contributed by atoms with Gasteiger partial charge < -0.3 is 0 Å². The van der Waals surface area contributed by atoms with Gasteiger partial charge in [0, 0.05) is 5.92 Å². The second-order valence-corrected chi connectivity index (χ2v) is 6.55. The average Bonchev–Trinajstić information content (AvgIpc) is 2.98. The lowest BCUT2D eigenvalue weighted by Gasteiger charge is -2.10. The maximum Gasteiger partial charge on any atom is 0.234 e. The fourth-order valence-electron chi connectivity index (χ4n) is 2.31. The smallest absolute Gasteiger partial charge is 0.190 e. The molecule has 0 saturated carbocycles. The Labute approximate surface area is 122 Å². The summed E-state index contributed by atoms with van der Waals surface area (Å²) in [5.74, 6) is 0.979. The van der Waals surface area contributed by atoms with E-state index in [9.17, 15) is 0 Å². The van der Waals surface area contributed by atoms with Gasteiger partial charge >= 0.3 is 0 Å². The third-order valence-corrected chi connectivity index (χ3v) is 4.49. The molecule has 0 aliphatic heterocycles. The summed E-state index contributed by atoms with van der Waals surface area (Å²) >= 11 is 1.60. The predicted octanol–water partition coefficient (Wildman–Crippen LogP) is 3.54. The molecule has 2 heterocycles. The van der Waals surface area contributed by atoms with Crippen LogP contribution in [-0.4, -0.2) is 19.8 Å². The lowest BCUT2D eigenvalue weighted by Crippen LogP contribution is -1.98. The van der Waals surface area contributed by atoms with Crippen LogP contribution >= 0.6 is 11.3 Å². The highest BCUT2D eigenvalue weighted by Crippen LogP contribution is 2.27. The van der Waals surface area contributed by atoms with E-state index >= 15 is 0 Å². The molecule has 1 atom stereocenters. The van der Waals surface area contributed by atoms with Gasteiger partial charge in [-0.2, -0.15) is 9.61 Å². The van der Waals surface area contributed by atoms with Gasteiger partial charge in [-0.25, -0.2) is 0 Å². The van der Waals surface area contributed by atoms with E-state index in [1.54, 1.807) is 22.2 Å². The summed E-state index contributed by atoms with van der Waals surface area (Å²) in [6.45, 7) is 6.68. The van der Waals surface area contributed by atoms with Crippen LogP contribution in [0.3, 0.4) is 0 Å². The van der Waals surface area contributed by atoms with Crippen LogP contribution in [0.25, 0.3) is 4.96 Å². The van der Waals surface area contributed by atoms with Crippen LogP contribution in [0.1, 0.15) is 42.8 Å². The van der Waals surface area contributed by atoms with E-state index in [-0.39, 0.29) is 5.92 Å². The van der Waals surface area contributed by atoms with Crippen LogP contribution in [0.4, 0.5) is 0 Å². The first-order chi connectivity index (χ1) is 9.63. The van der Waals surface area contributed by atoms with Crippen molar-refractivity contribution in [3.8, 4) is 0 Å². The summed E-state index contributed by atoms with van der Waals surface area (Å²) in [5, 5.41) is 13.5. The van der Waals surface area contributed by atoms with Gasteiger partial charge in [0.15, 0.2) is 0 Å². The third-order valence-electron chi connectivity index (χ3n) is 3.40. The Morgan fingerprint density at radius 3 is 2.55 bits per heavy atom. The molecule has 0 aliphatic carbocycles.